The number of nitrogens with zero attached hydrogens (tertiary/aromatic N) is 6. The van der Waals surface area contributed by atoms with E-state index in [9.17, 15) is 0 Å². The summed E-state index contributed by atoms with van der Waals surface area (Å²) in [6.45, 7) is 32.4. The normalized spacial score (nSPS) is 17.5. The van der Waals surface area contributed by atoms with Crippen molar-refractivity contribution in [3.63, 3.8) is 0 Å². The molecule has 16 nitrogen and oxygen atoms in total. The van der Waals surface area contributed by atoms with Crippen LogP contribution in [0.4, 0.5) is 0 Å². The summed E-state index contributed by atoms with van der Waals surface area (Å²) < 4.78 is 0. The molecule has 0 atom stereocenters. The lowest BCUT2D eigenvalue weighted by Gasteiger charge is -2.37. The molecule has 0 radical (unpaired) electrons. The highest BCUT2D eigenvalue weighted by Crippen LogP contribution is 2.24. The molecule has 67 heavy (non-hydrogen) atoms. The molecule has 0 bridgehead atoms. The van der Waals surface area contributed by atoms with Crippen LogP contribution in [0.1, 0.15) is 116 Å². The average Bonchev–Trinajstić information content (AvgIpc) is 3.26. The van der Waals surface area contributed by atoms with Crippen LogP contribution in [0.15, 0.2) is 0 Å². The Morgan fingerprint density at radius 2 is 0.776 bits per heavy atom. The number of rotatable bonds is 50. The zero-order valence-corrected chi connectivity index (χ0v) is 43.8. The topological polar surface area (TPSA) is 182 Å². The lowest BCUT2D eigenvalue weighted by molar-refractivity contribution is 0.128. The number of hydrogen-bond acceptors (Lipinski definition) is 16. The van der Waals surface area contributed by atoms with E-state index in [-0.39, 0.29) is 0 Å². The van der Waals surface area contributed by atoms with Gasteiger partial charge in [0.1, 0.15) is 0 Å². The Morgan fingerprint density at radius 3 is 1.28 bits per heavy atom. The van der Waals surface area contributed by atoms with Gasteiger partial charge in [0, 0.05) is 194 Å². The van der Waals surface area contributed by atoms with E-state index in [0.29, 0.717) is 6.54 Å². The van der Waals surface area contributed by atoms with Gasteiger partial charge in [0.05, 0.1) is 0 Å². The fourth-order valence-corrected chi connectivity index (χ4v) is 9.67. The van der Waals surface area contributed by atoms with Crippen molar-refractivity contribution in [3.05, 3.63) is 0 Å². The van der Waals surface area contributed by atoms with Gasteiger partial charge in [0.25, 0.3) is 0 Å². The smallest absolute Gasteiger partial charge is 0.0257 e. The second kappa shape index (κ2) is 39.9. The van der Waals surface area contributed by atoms with Crippen LogP contribution in [0, 0.1) is 0 Å². The van der Waals surface area contributed by atoms with E-state index in [0.717, 1.165) is 188 Å². The Balaban J connectivity index is 1.16. The third-order valence-electron chi connectivity index (χ3n) is 15.4. The van der Waals surface area contributed by atoms with Crippen molar-refractivity contribution < 1.29 is 0 Å². The van der Waals surface area contributed by atoms with Gasteiger partial charge in [-0.05, 0) is 90.3 Å². The van der Waals surface area contributed by atoms with Gasteiger partial charge in [-0.3, -0.25) is 15.6 Å². The van der Waals surface area contributed by atoms with Crippen LogP contribution in [0.5, 0.6) is 0 Å². The molecule has 0 aromatic carbocycles. The maximum absolute atomic E-state index is 6.57. The second-order valence-corrected chi connectivity index (χ2v) is 20.8. The van der Waals surface area contributed by atoms with Crippen LogP contribution in [-0.4, -0.2) is 243 Å². The summed E-state index contributed by atoms with van der Waals surface area (Å²) in [4.78, 5) is 13.5. The van der Waals surface area contributed by atoms with Crippen molar-refractivity contribution in [3.8, 4) is 0 Å². The minimum absolute atomic E-state index is 0.706. The molecule has 0 spiro atoms. The molecule has 0 unspecified atom stereocenters. The summed E-state index contributed by atoms with van der Waals surface area (Å²) in [5.74, 6) is 6.57. The molecule has 0 aromatic heterocycles. The van der Waals surface area contributed by atoms with E-state index in [4.69, 9.17) is 17.3 Å². The third-order valence-corrected chi connectivity index (χ3v) is 15.4. The maximum atomic E-state index is 6.57. The Labute approximate surface area is 412 Å². The predicted octanol–water partition coefficient (Wildman–Crippen LogP) is 0.897. The van der Waals surface area contributed by atoms with E-state index in [1.807, 2.05) is 5.01 Å². The minimum Gasteiger partial charge on any atom is -0.329 e. The van der Waals surface area contributed by atoms with E-state index >= 15 is 0 Å². The number of unbranched alkanes of at least 4 members (excludes halogenated alkanes) is 3. The van der Waals surface area contributed by atoms with Gasteiger partial charge in [-0.15, -0.1) is 0 Å². The number of hydrazine groups is 1. The first kappa shape index (κ1) is 58.9. The van der Waals surface area contributed by atoms with Crippen molar-refractivity contribution in [2.45, 2.75) is 140 Å². The number of nitrogens with two attached hydrogens (primary N) is 3. The fourth-order valence-electron chi connectivity index (χ4n) is 9.67. The molecule has 4 rings (SSSR count). The first-order chi connectivity index (χ1) is 33.1. The Morgan fingerprint density at radius 1 is 0.358 bits per heavy atom. The van der Waals surface area contributed by atoms with Crippen LogP contribution in [-0.2, 0) is 0 Å². The van der Waals surface area contributed by atoms with Crippen LogP contribution in [0.25, 0.3) is 0 Å². The fraction of sp³-hybridized carbons (Fsp3) is 1.00. The molecule has 4 saturated carbocycles. The van der Waals surface area contributed by atoms with Gasteiger partial charge in [0.2, 0.25) is 0 Å². The summed E-state index contributed by atoms with van der Waals surface area (Å²) >= 11 is 0. The van der Waals surface area contributed by atoms with Crippen molar-refractivity contribution in [2.24, 2.45) is 17.3 Å². The van der Waals surface area contributed by atoms with Gasteiger partial charge in [-0.25, -0.2) is 5.01 Å². The highest BCUT2D eigenvalue weighted by atomic mass is 15.4. The maximum Gasteiger partial charge on any atom is 0.0257 e. The summed E-state index contributed by atoms with van der Waals surface area (Å²) in [5, 5.41) is 27.8. The highest BCUT2D eigenvalue weighted by Gasteiger charge is 2.24. The molecule has 0 heterocycles. The molecular formula is C51H112N16. The predicted molar refractivity (Wildman–Crippen MR) is 286 cm³/mol. The van der Waals surface area contributed by atoms with Gasteiger partial charge in [-0.2, -0.15) is 0 Å². The monoisotopic (exact) mass is 949 g/mol. The SMILES string of the molecule is CCCCN(CCNC1CCC1)CCN(CCNC1CCC1)CCN(CCN)CCCCCN(CCNCCN(CCNCCN)C1CCC1)CCN(N)CCNCCNCCNC1CCC1. The molecule has 0 aromatic rings. The van der Waals surface area contributed by atoms with Crippen LogP contribution < -0.4 is 54.5 Å². The molecule has 396 valence electrons. The molecular weight excluding hydrogens is 837 g/mol. The van der Waals surface area contributed by atoms with Gasteiger partial charge >= 0.3 is 0 Å². The van der Waals surface area contributed by atoms with E-state index < -0.39 is 0 Å². The quantitative estimate of drug-likeness (QED) is 0.0236. The Hall–Kier alpha value is -0.640. The lowest BCUT2D eigenvalue weighted by atomic mass is 9.91. The van der Waals surface area contributed by atoms with E-state index in [1.165, 1.54) is 129 Å². The zero-order valence-electron chi connectivity index (χ0n) is 43.8. The van der Waals surface area contributed by atoms with Crippen LogP contribution in [0.2, 0.25) is 0 Å². The molecule has 13 N–H and O–H groups in total. The number of hydrogen-bond donors (Lipinski definition) is 10. The van der Waals surface area contributed by atoms with Crippen molar-refractivity contribution in [2.75, 3.05) is 190 Å². The molecule has 0 amide bonds. The first-order valence-electron chi connectivity index (χ1n) is 28.6. The van der Waals surface area contributed by atoms with Gasteiger partial charge in [0.15, 0.2) is 0 Å². The van der Waals surface area contributed by atoms with Crippen LogP contribution in [0.3, 0.4) is 0 Å². The van der Waals surface area contributed by atoms with Gasteiger partial charge in [-0.1, -0.05) is 45.4 Å². The average molecular weight is 950 g/mol. The summed E-state index contributed by atoms with van der Waals surface area (Å²) in [7, 11) is 0. The molecule has 0 aliphatic heterocycles. The third kappa shape index (κ3) is 28.9. The van der Waals surface area contributed by atoms with Crippen molar-refractivity contribution in [1.29, 1.82) is 0 Å². The summed E-state index contributed by atoms with van der Waals surface area (Å²) in [6.07, 6.45) is 22.7. The van der Waals surface area contributed by atoms with Gasteiger partial charge < -0.3 is 63.4 Å². The second-order valence-electron chi connectivity index (χ2n) is 20.8. The van der Waals surface area contributed by atoms with Crippen molar-refractivity contribution >= 4 is 0 Å². The summed E-state index contributed by atoms with van der Waals surface area (Å²) in [5.41, 5.74) is 11.9. The van der Waals surface area contributed by atoms with E-state index in [2.05, 4.69) is 68.6 Å². The zero-order chi connectivity index (χ0) is 47.3. The largest absolute Gasteiger partial charge is 0.329 e. The standard InChI is InChI=1S/C51H112N16/c1-2-3-32-63(37-30-60-49-13-8-14-49)43-45-65(38-31-61-50-15-9-16-50)44-42-62(35-20-53)33-5-4-6-34-64(36-26-58-28-40-66(51-17-10-18-51)39-27-55-21-19-52)46-47-67(54)41-29-57-23-22-56-24-25-59-48-11-7-12-48/h48-51,55-61H,2-47,52-54H2,1H3. The van der Waals surface area contributed by atoms with Crippen LogP contribution >= 0.6 is 0 Å². The molecule has 16 heteroatoms. The Bertz CT molecular complexity index is 1100. The number of nitrogens with one attached hydrogen (secondary N) is 7. The van der Waals surface area contributed by atoms with E-state index in [1.54, 1.807) is 0 Å². The lowest BCUT2D eigenvalue weighted by Crippen LogP contribution is -2.47. The Kier molecular flexibility index (Phi) is 35.1. The molecule has 4 aliphatic rings. The first-order valence-corrected chi connectivity index (χ1v) is 28.6. The molecule has 0 saturated heterocycles. The minimum atomic E-state index is 0.706. The molecule has 4 aliphatic carbocycles. The summed E-state index contributed by atoms with van der Waals surface area (Å²) in [6, 6.07) is 3.05. The van der Waals surface area contributed by atoms with Crippen molar-refractivity contribution in [1.82, 2.24) is 66.7 Å². The molecule has 4 fully saturated rings. The highest BCUT2D eigenvalue weighted by molar-refractivity contribution is 4.82.